The van der Waals surface area contributed by atoms with Crippen LogP contribution in [0.25, 0.3) is 22.4 Å². The Kier molecular flexibility index (Phi) is 4.16. The largest absolute Gasteiger partial charge is 0.340 e. The summed E-state index contributed by atoms with van der Waals surface area (Å²) in [5, 5.41) is 9.07. The van der Waals surface area contributed by atoms with Crippen LogP contribution in [0.1, 0.15) is 22.5 Å². The lowest BCUT2D eigenvalue weighted by Gasteiger charge is -2.05. The fourth-order valence-electron chi connectivity index (χ4n) is 3.00. The molecule has 126 valence electrons. The van der Waals surface area contributed by atoms with Crippen molar-refractivity contribution in [1.29, 1.82) is 5.26 Å². The number of imidazole rings is 1. The Morgan fingerprint density at radius 3 is 2.77 bits per heavy atom. The Bertz CT molecular complexity index is 1120. The van der Waals surface area contributed by atoms with Crippen LogP contribution < -0.4 is 0 Å². The van der Waals surface area contributed by atoms with E-state index in [1.165, 1.54) is 5.56 Å². The van der Waals surface area contributed by atoms with Gasteiger partial charge in [0.05, 0.1) is 22.8 Å². The van der Waals surface area contributed by atoms with Gasteiger partial charge < -0.3 is 4.98 Å². The molecule has 4 rings (SSSR count). The van der Waals surface area contributed by atoms with Crippen molar-refractivity contribution in [2.24, 2.45) is 0 Å². The highest BCUT2D eigenvalue weighted by Crippen LogP contribution is 2.20. The lowest BCUT2D eigenvalue weighted by Crippen LogP contribution is -1.95. The minimum atomic E-state index is 0.639. The maximum absolute atomic E-state index is 9.07. The van der Waals surface area contributed by atoms with Crippen LogP contribution in [-0.4, -0.2) is 19.9 Å². The van der Waals surface area contributed by atoms with Crippen molar-refractivity contribution in [2.45, 2.75) is 19.8 Å². The monoisotopic (exact) mass is 339 g/mol. The summed E-state index contributed by atoms with van der Waals surface area (Å²) in [7, 11) is 0. The fraction of sp³-hybridized carbons (Fsp3) is 0.143. The van der Waals surface area contributed by atoms with Crippen LogP contribution in [0.2, 0.25) is 0 Å². The minimum Gasteiger partial charge on any atom is -0.340 e. The molecule has 3 heterocycles. The molecule has 3 aromatic heterocycles. The first kappa shape index (κ1) is 16.0. The van der Waals surface area contributed by atoms with Gasteiger partial charge in [-0.05, 0) is 54.8 Å². The number of nitriles is 1. The van der Waals surface area contributed by atoms with Crippen molar-refractivity contribution in [3.8, 4) is 17.3 Å². The van der Waals surface area contributed by atoms with Crippen LogP contribution in [-0.2, 0) is 12.8 Å². The zero-order valence-corrected chi connectivity index (χ0v) is 14.4. The average molecular weight is 339 g/mol. The summed E-state index contributed by atoms with van der Waals surface area (Å²) in [6.45, 7) is 2.05. The zero-order valence-electron chi connectivity index (χ0n) is 14.4. The first-order valence-corrected chi connectivity index (χ1v) is 8.48. The van der Waals surface area contributed by atoms with Gasteiger partial charge in [0, 0.05) is 24.4 Å². The summed E-state index contributed by atoms with van der Waals surface area (Å²) in [6, 6.07) is 15.8. The SMILES string of the molecule is Cc1ccnc2nc(CCc3ccnc(-c4cccc(C#N)c4)c3)[nH]c12. The standard InChI is InChI=1S/C21H17N5/c1-14-7-9-24-21-20(14)25-19(26-21)6-5-15-8-10-23-18(12-15)17-4-2-3-16(11-17)13-22/h2-4,7-12H,5-6H2,1H3,(H,24,25,26). The average Bonchev–Trinajstić information content (AvgIpc) is 3.11. The van der Waals surface area contributed by atoms with Gasteiger partial charge in [0.25, 0.3) is 0 Å². The van der Waals surface area contributed by atoms with Crippen molar-refractivity contribution in [2.75, 3.05) is 0 Å². The Morgan fingerprint density at radius 2 is 1.92 bits per heavy atom. The Labute approximate surface area is 151 Å². The van der Waals surface area contributed by atoms with Crippen molar-refractivity contribution in [3.63, 3.8) is 0 Å². The smallest absolute Gasteiger partial charge is 0.177 e. The fourth-order valence-corrected chi connectivity index (χ4v) is 3.00. The molecule has 0 unspecified atom stereocenters. The molecule has 0 atom stereocenters. The number of nitrogens with one attached hydrogen (secondary N) is 1. The lowest BCUT2D eigenvalue weighted by molar-refractivity contribution is 0.887. The summed E-state index contributed by atoms with van der Waals surface area (Å²) in [5.74, 6) is 0.937. The normalized spacial score (nSPS) is 10.8. The molecule has 0 aliphatic heterocycles. The van der Waals surface area contributed by atoms with Gasteiger partial charge in [-0.2, -0.15) is 5.26 Å². The summed E-state index contributed by atoms with van der Waals surface area (Å²) in [6.07, 6.45) is 5.25. The minimum absolute atomic E-state index is 0.639. The first-order valence-electron chi connectivity index (χ1n) is 8.48. The van der Waals surface area contributed by atoms with Crippen LogP contribution in [0.3, 0.4) is 0 Å². The van der Waals surface area contributed by atoms with E-state index in [9.17, 15) is 0 Å². The molecule has 4 aromatic rings. The van der Waals surface area contributed by atoms with E-state index in [1.54, 1.807) is 12.3 Å². The topological polar surface area (TPSA) is 78.2 Å². The first-order chi connectivity index (χ1) is 12.7. The number of fused-ring (bicyclic) bond motifs is 1. The highest BCUT2D eigenvalue weighted by atomic mass is 15.0. The number of hydrogen-bond donors (Lipinski definition) is 1. The number of aromatic amines is 1. The van der Waals surface area contributed by atoms with Gasteiger partial charge in [-0.25, -0.2) is 9.97 Å². The van der Waals surface area contributed by atoms with Gasteiger partial charge >= 0.3 is 0 Å². The molecule has 1 N–H and O–H groups in total. The maximum Gasteiger partial charge on any atom is 0.177 e. The summed E-state index contributed by atoms with van der Waals surface area (Å²) < 4.78 is 0. The number of H-pyrrole nitrogens is 1. The zero-order chi connectivity index (χ0) is 17.9. The Morgan fingerprint density at radius 1 is 1.04 bits per heavy atom. The quantitative estimate of drug-likeness (QED) is 0.610. The number of rotatable bonds is 4. The highest BCUT2D eigenvalue weighted by molar-refractivity contribution is 5.74. The molecule has 0 spiro atoms. The van der Waals surface area contributed by atoms with Crippen molar-refractivity contribution in [3.05, 3.63) is 77.4 Å². The van der Waals surface area contributed by atoms with Crippen LogP contribution in [0, 0.1) is 18.3 Å². The molecule has 0 saturated heterocycles. The van der Waals surface area contributed by atoms with Crippen LogP contribution >= 0.6 is 0 Å². The van der Waals surface area contributed by atoms with Gasteiger partial charge in [0.2, 0.25) is 0 Å². The third-order valence-corrected chi connectivity index (χ3v) is 4.41. The van der Waals surface area contributed by atoms with Crippen molar-refractivity contribution in [1.82, 2.24) is 19.9 Å². The van der Waals surface area contributed by atoms with E-state index < -0.39 is 0 Å². The predicted molar refractivity (Wildman–Crippen MR) is 100 cm³/mol. The van der Waals surface area contributed by atoms with Gasteiger partial charge in [-0.3, -0.25) is 4.98 Å². The van der Waals surface area contributed by atoms with Gasteiger partial charge in [0.1, 0.15) is 5.82 Å². The van der Waals surface area contributed by atoms with E-state index in [4.69, 9.17) is 5.26 Å². The van der Waals surface area contributed by atoms with Crippen molar-refractivity contribution < 1.29 is 0 Å². The Hall–Kier alpha value is -3.52. The number of aromatic nitrogens is 4. The van der Waals surface area contributed by atoms with E-state index in [0.29, 0.717) is 5.56 Å². The molecule has 0 fully saturated rings. The van der Waals surface area contributed by atoms with E-state index in [1.807, 2.05) is 36.5 Å². The highest BCUT2D eigenvalue weighted by Gasteiger charge is 2.07. The molecular weight excluding hydrogens is 322 g/mol. The molecule has 0 bridgehead atoms. The lowest BCUT2D eigenvalue weighted by atomic mass is 10.0. The molecule has 0 aliphatic carbocycles. The second-order valence-corrected chi connectivity index (χ2v) is 6.25. The number of pyridine rings is 2. The van der Waals surface area contributed by atoms with E-state index in [2.05, 4.69) is 39.0 Å². The predicted octanol–water partition coefficient (Wildman–Crippen LogP) is 3.99. The number of benzene rings is 1. The van der Waals surface area contributed by atoms with Crippen LogP contribution in [0.15, 0.2) is 54.9 Å². The van der Waals surface area contributed by atoms with Crippen LogP contribution in [0.4, 0.5) is 0 Å². The summed E-state index contributed by atoms with van der Waals surface area (Å²) >= 11 is 0. The van der Waals surface area contributed by atoms with E-state index in [-0.39, 0.29) is 0 Å². The van der Waals surface area contributed by atoms with E-state index >= 15 is 0 Å². The molecular formula is C21H17N5. The molecule has 0 radical (unpaired) electrons. The third-order valence-electron chi connectivity index (χ3n) is 4.41. The summed E-state index contributed by atoms with van der Waals surface area (Å²) in [4.78, 5) is 16.7. The molecule has 5 heteroatoms. The molecule has 5 nitrogen and oxygen atoms in total. The van der Waals surface area contributed by atoms with Crippen LogP contribution in [0.5, 0.6) is 0 Å². The van der Waals surface area contributed by atoms with Gasteiger partial charge in [-0.15, -0.1) is 0 Å². The Balaban J connectivity index is 1.55. The molecule has 26 heavy (non-hydrogen) atoms. The molecule has 0 amide bonds. The molecule has 0 aliphatic rings. The second-order valence-electron chi connectivity index (χ2n) is 6.25. The van der Waals surface area contributed by atoms with Gasteiger partial charge in [0.15, 0.2) is 5.65 Å². The number of nitrogens with zero attached hydrogens (tertiary/aromatic N) is 4. The third kappa shape index (κ3) is 3.17. The summed E-state index contributed by atoms with van der Waals surface area (Å²) in [5.41, 5.74) is 6.57. The maximum atomic E-state index is 9.07. The molecule has 1 aromatic carbocycles. The molecule has 0 saturated carbocycles. The number of hydrogen-bond acceptors (Lipinski definition) is 4. The number of aryl methyl sites for hydroxylation is 3. The van der Waals surface area contributed by atoms with Gasteiger partial charge in [-0.1, -0.05) is 12.1 Å². The van der Waals surface area contributed by atoms with Crippen molar-refractivity contribution >= 4 is 11.2 Å². The second kappa shape index (κ2) is 6.77. The van der Waals surface area contributed by atoms with E-state index in [0.717, 1.165) is 46.7 Å².